The van der Waals surface area contributed by atoms with Crippen molar-refractivity contribution >= 4 is 5.78 Å². The van der Waals surface area contributed by atoms with Crippen LogP contribution in [0.25, 0.3) is 0 Å². The second-order valence-corrected chi connectivity index (χ2v) is 7.74. The molecule has 0 radical (unpaired) electrons. The Morgan fingerprint density at radius 3 is 2.46 bits per heavy atom. The van der Waals surface area contributed by atoms with Gasteiger partial charge in [-0.3, -0.25) is 4.79 Å². The second kappa shape index (κ2) is 7.71. The Balaban J connectivity index is 1.80. The number of alkyl halides is 3. The van der Waals surface area contributed by atoms with Gasteiger partial charge in [0.15, 0.2) is 5.78 Å². The van der Waals surface area contributed by atoms with Gasteiger partial charge >= 0.3 is 6.18 Å². The van der Waals surface area contributed by atoms with E-state index in [4.69, 9.17) is 0 Å². The first-order valence-electron chi connectivity index (χ1n) is 9.79. The molecule has 1 aliphatic heterocycles. The van der Waals surface area contributed by atoms with Crippen LogP contribution in [0.1, 0.15) is 72.5 Å². The van der Waals surface area contributed by atoms with Gasteiger partial charge in [-0.1, -0.05) is 19.4 Å². The standard InChI is InChI=1S/C21H28F3NO/c1-3-16-14(2)18(21(22,23)24)10-9-17(16)20(26)13-15-7-6-8-19(15)25-11-4-5-12-25/h9-10,15,19H,3-8,11-13H2,1-2H3/t15-,19-/m1/s1. The van der Waals surface area contributed by atoms with E-state index in [1.165, 1.54) is 25.8 Å². The number of halogens is 3. The fraction of sp³-hybridized carbons (Fsp3) is 0.667. The van der Waals surface area contributed by atoms with Crippen LogP contribution < -0.4 is 0 Å². The molecule has 5 heteroatoms. The van der Waals surface area contributed by atoms with Crippen molar-refractivity contribution in [3.05, 3.63) is 34.4 Å². The summed E-state index contributed by atoms with van der Waals surface area (Å²) >= 11 is 0. The van der Waals surface area contributed by atoms with Crippen LogP contribution in [-0.4, -0.2) is 29.8 Å². The Hall–Kier alpha value is -1.36. The van der Waals surface area contributed by atoms with E-state index in [1.54, 1.807) is 0 Å². The van der Waals surface area contributed by atoms with Gasteiger partial charge in [0.2, 0.25) is 0 Å². The molecule has 1 saturated carbocycles. The molecular formula is C21H28F3NO. The molecule has 144 valence electrons. The summed E-state index contributed by atoms with van der Waals surface area (Å²) in [5, 5.41) is 0. The van der Waals surface area contributed by atoms with Crippen LogP contribution >= 0.6 is 0 Å². The van der Waals surface area contributed by atoms with Crippen molar-refractivity contribution in [2.75, 3.05) is 13.1 Å². The Labute approximate surface area is 153 Å². The van der Waals surface area contributed by atoms with Gasteiger partial charge in [-0.25, -0.2) is 0 Å². The number of hydrogen-bond acceptors (Lipinski definition) is 2. The van der Waals surface area contributed by atoms with Gasteiger partial charge in [-0.15, -0.1) is 0 Å². The Morgan fingerprint density at radius 1 is 1.15 bits per heavy atom. The highest BCUT2D eigenvalue weighted by molar-refractivity contribution is 5.98. The molecule has 0 N–H and O–H groups in total. The van der Waals surface area contributed by atoms with Crippen molar-refractivity contribution in [1.29, 1.82) is 0 Å². The number of carbonyl (C=O) groups excluding carboxylic acids is 1. The van der Waals surface area contributed by atoms with Crippen molar-refractivity contribution in [3.63, 3.8) is 0 Å². The molecule has 0 amide bonds. The minimum atomic E-state index is -4.37. The summed E-state index contributed by atoms with van der Waals surface area (Å²) in [5.74, 6) is 0.350. The molecule has 2 nitrogen and oxygen atoms in total. The number of benzene rings is 1. The maximum absolute atomic E-state index is 13.2. The number of hydrogen-bond donors (Lipinski definition) is 0. The van der Waals surface area contributed by atoms with Gasteiger partial charge in [-0.2, -0.15) is 13.2 Å². The first kappa shape index (κ1) is 19.4. The molecule has 0 spiro atoms. The zero-order valence-corrected chi connectivity index (χ0v) is 15.7. The van der Waals surface area contributed by atoms with Crippen LogP contribution in [0.4, 0.5) is 13.2 Å². The third-order valence-electron chi connectivity index (χ3n) is 6.23. The maximum Gasteiger partial charge on any atom is 0.416 e. The monoisotopic (exact) mass is 367 g/mol. The lowest BCUT2D eigenvalue weighted by Gasteiger charge is -2.29. The van der Waals surface area contributed by atoms with Gasteiger partial charge in [0, 0.05) is 18.0 Å². The fourth-order valence-electron chi connectivity index (χ4n) is 4.94. The molecule has 1 aromatic carbocycles. The van der Waals surface area contributed by atoms with Crippen molar-refractivity contribution in [2.24, 2.45) is 5.92 Å². The summed E-state index contributed by atoms with van der Waals surface area (Å²) in [5.41, 5.74) is 0.626. The Kier molecular flexibility index (Phi) is 5.75. The topological polar surface area (TPSA) is 20.3 Å². The molecule has 2 fully saturated rings. The van der Waals surface area contributed by atoms with E-state index in [2.05, 4.69) is 4.90 Å². The lowest BCUT2D eigenvalue weighted by Crippen LogP contribution is -2.36. The summed E-state index contributed by atoms with van der Waals surface area (Å²) in [6.07, 6.45) is 2.33. The number of rotatable bonds is 5. The smallest absolute Gasteiger partial charge is 0.300 e. The largest absolute Gasteiger partial charge is 0.416 e. The number of ketones is 1. The van der Waals surface area contributed by atoms with E-state index >= 15 is 0 Å². The van der Waals surface area contributed by atoms with E-state index < -0.39 is 11.7 Å². The number of Topliss-reactive ketones (excluding diaryl/α,β-unsaturated/α-hetero) is 1. The molecule has 1 aliphatic carbocycles. The zero-order chi connectivity index (χ0) is 18.9. The number of carbonyl (C=O) groups is 1. The molecule has 0 unspecified atom stereocenters. The third kappa shape index (κ3) is 3.83. The molecule has 1 aromatic rings. The normalized spacial score (nSPS) is 24.3. The van der Waals surface area contributed by atoms with Gasteiger partial charge in [0.25, 0.3) is 0 Å². The third-order valence-corrected chi connectivity index (χ3v) is 6.23. The second-order valence-electron chi connectivity index (χ2n) is 7.74. The highest BCUT2D eigenvalue weighted by Crippen LogP contribution is 2.37. The average Bonchev–Trinajstić information content (AvgIpc) is 3.24. The summed E-state index contributed by atoms with van der Waals surface area (Å²) in [6.45, 7) is 5.55. The summed E-state index contributed by atoms with van der Waals surface area (Å²) in [7, 11) is 0. The SMILES string of the molecule is CCc1c(C(=O)C[C@H]2CCC[C@H]2N2CCCC2)ccc(C(F)(F)F)c1C. The molecule has 2 aliphatic rings. The van der Waals surface area contributed by atoms with Gasteiger partial charge in [-0.05, 0) is 75.2 Å². The van der Waals surface area contributed by atoms with Crippen molar-refractivity contribution < 1.29 is 18.0 Å². The highest BCUT2D eigenvalue weighted by Gasteiger charge is 2.36. The van der Waals surface area contributed by atoms with Crippen LogP contribution in [0.15, 0.2) is 12.1 Å². The van der Waals surface area contributed by atoms with Gasteiger partial charge < -0.3 is 4.90 Å². The lowest BCUT2D eigenvalue weighted by atomic mass is 9.88. The number of likely N-dealkylation sites (tertiary alicyclic amines) is 1. The molecule has 1 saturated heterocycles. The van der Waals surface area contributed by atoms with Gasteiger partial charge in [0.05, 0.1) is 5.56 Å². The number of nitrogens with zero attached hydrogens (tertiary/aromatic N) is 1. The molecule has 1 heterocycles. The van der Waals surface area contributed by atoms with Crippen LogP contribution in [0, 0.1) is 12.8 Å². The quantitative estimate of drug-likeness (QED) is 0.648. The first-order chi connectivity index (χ1) is 12.3. The molecule has 0 aromatic heterocycles. The lowest BCUT2D eigenvalue weighted by molar-refractivity contribution is -0.138. The molecule has 26 heavy (non-hydrogen) atoms. The minimum Gasteiger partial charge on any atom is -0.300 e. The fourth-order valence-corrected chi connectivity index (χ4v) is 4.94. The average molecular weight is 367 g/mol. The van der Waals surface area contributed by atoms with E-state index in [9.17, 15) is 18.0 Å². The van der Waals surface area contributed by atoms with Crippen molar-refractivity contribution in [1.82, 2.24) is 4.90 Å². The summed E-state index contributed by atoms with van der Waals surface area (Å²) < 4.78 is 39.5. The van der Waals surface area contributed by atoms with Crippen LogP contribution in [0.3, 0.4) is 0 Å². The molecule has 2 atom stereocenters. The van der Waals surface area contributed by atoms with Crippen molar-refractivity contribution in [3.8, 4) is 0 Å². The summed E-state index contributed by atoms with van der Waals surface area (Å²) in [4.78, 5) is 15.5. The Bertz CT molecular complexity index is 662. The van der Waals surface area contributed by atoms with Gasteiger partial charge in [0.1, 0.15) is 0 Å². The van der Waals surface area contributed by atoms with Crippen LogP contribution in [-0.2, 0) is 12.6 Å². The predicted octanol–water partition coefficient (Wildman–Crippen LogP) is 5.41. The van der Waals surface area contributed by atoms with Crippen LogP contribution in [0.2, 0.25) is 0 Å². The van der Waals surface area contributed by atoms with Crippen molar-refractivity contribution in [2.45, 2.75) is 71.0 Å². The highest BCUT2D eigenvalue weighted by atomic mass is 19.4. The molecular weight excluding hydrogens is 339 g/mol. The molecule has 0 bridgehead atoms. The predicted molar refractivity (Wildman–Crippen MR) is 96.4 cm³/mol. The van der Waals surface area contributed by atoms with E-state index in [0.29, 0.717) is 35.9 Å². The maximum atomic E-state index is 13.2. The van der Waals surface area contributed by atoms with E-state index in [0.717, 1.165) is 38.4 Å². The van der Waals surface area contributed by atoms with Crippen LogP contribution in [0.5, 0.6) is 0 Å². The minimum absolute atomic E-state index is 0.00905. The molecule has 3 rings (SSSR count). The Morgan fingerprint density at radius 2 is 1.85 bits per heavy atom. The zero-order valence-electron chi connectivity index (χ0n) is 15.7. The van der Waals surface area contributed by atoms with E-state index in [1.807, 2.05) is 6.92 Å². The summed E-state index contributed by atoms with van der Waals surface area (Å²) in [6, 6.07) is 2.95. The van der Waals surface area contributed by atoms with E-state index in [-0.39, 0.29) is 11.3 Å². The first-order valence-corrected chi connectivity index (χ1v) is 9.79.